The molecule has 2 aromatic rings. The van der Waals surface area contributed by atoms with Crippen molar-refractivity contribution in [2.75, 3.05) is 32.2 Å². The van der Waals surface area contributed by atoms with Gasteiger partial charge in [0, 0.05) is 24.9 Å². The molecular formula is C14H16N2O3. The number of hydrogen-bond donors (Lipinski definition) is 1. The first-order chi connectivity index (χ1) is 9.31. The third-order valence-corrected chi connectivity index (χ3v) is 2.62. The van der Waals surface area contributed by atoms with Crippen LogP contribution in [0.15, 0.2) is 36.7 Å². The fourth-order valence-corrected chi connectivity index (χ4v) is 1.72. The van der Waals surface area contributed by atoms with Crippen molar-refractivity contribution in [3.8, 4) is 0 Å². The van der Waals surface area contributed by atoms with Crippen LogP contribution in [0.1, 0.15) is 0 Å². The van der Waals surface area contributed by atoms with E-state index in [9.17, 15) is 4.79 Å². The van der Waals surface area contributed by atoms with Crippen molar-refractivity contribution in [1.29, 1.82) is 0 Å². The van der Waals surface area contributed by atoms with E-state index in [2.05, 4.69) is 10.3 Å². The Morgan fingerprint density at radius 1 is 1.32 bits per heavy atom. The van der Waals surface area contributed by atoms with Crippen LogP contribution in [0.5, 0.6) is 0 Å². The van der Waals surface area contributed by atoms with E-state index in [1.807, 2.05) is 24.3 Å². The van der Waals surface area contributed by atoms with E-state index < -0.39 is 0 Å². The van der Waals surface area contributed by atoms with E-state index in [1.165, 1.54) is 0 Å². The molecular weight excluding hydrogens is 244 g/mol. The van der Waals surface area contributed by atoms with Crippen molar-refractivity contribution >= 4 is 22.4 Å². The number of anilines is 1. The number of rotatable bonds is 6. The summed E-state index contributed by atoms with van der Waals surface area (Å²) in [5.41, 5.74) is 0.742. The van der Waals surface area contributed by atoms with Crippen LogP contribution in [-0.4, -0.2) is 37.8 Å². The largest absolute Gasteiger partial charge is 0.382 e. The third kappa shape index (κ3) is 3.74. The van der Waals surface area contributed by atoms with Crippen molar-refractivity contribution in [2.24, 2.45) is 0 Å². The van der Waals surface area contributed by atoms with Gasteiger partial charge in [0.05, 0.1) is 18.9 Å². The number of carbonyl (C=O) groups is 1. The quantitative estimate of drug-likeness (QED) is 0.805. The molecule has 2 rings (SSSR count). The highest BCUT2D eigenvalue weighted by molar-refractivity contribution is 6.02. The smallest absolute Gasteiger partial charge is 0.250 e. The van der Waals surface area contributed by atoms with E-state index >= 15 is 0 Å². The van der Waals surface area contributed by atoms with Crippen LogP contribution in [0.3, 0.4) is 0 Å². The number of amides is 1. The predicted octanol–water partition coefficient (Wildman–Crippen LogP) is 1.84. The Morgan fingerprint density at radius 3 is 3.05 bits per heavy atom. The maximum Gasteiger partial charge on any atom is 0.250 e. The average Bonchev–Trinajstić information content (AvgIpc) is 2.44. The minimum Gasteiger partial charge on any atom is -0.382 e. The van der Waals surface area contributed by atoms with Gasteiger partial charge in [0.1, 0.15) is 6.61 Å². The van der Waals surface area contributed by atoms with Gasteiger partial charge in [-0.1, -0.05) is 12.1 Å². The summed E-state index contributed by atoms with van der Waals surface area (Å²) < 4.78 is 10.0. The van der Waals surface area contributed by atoms with Crippen molar-refractivity contribution in [2.45, 2.75) is 0 Å². The second-order valence-electron chi connectivity index (χ2n) is 4.00. The molecule has 5 nitrogen and oxygen atoms in total. The van der Waals surface area contributed by atoms with Gasteiger partial charge in [-0.3, -0.25) is 9.78 Å². The second kappa shape index (κ2) is 6.82. The van der Waals surface area contributed by atoms with Crippen LogP contribution in [0, 0.1) is 0 Å². The van der Waals surface area contributed by atoms with Gasteiger partial charge in [-0.15, -0.1) is 0 Å². The lowest BCUT2D eigenvalue weighted by Crippen LogP contribution is -2.19. The Balaban J connectivity index is 1.99. The van der Waals surface area contributed by atoms with Gasteiger partial charge >= 0.3 is 0 Å². The maximum atomic E-state index is 11.7. The summed E-state index contributed by atoms with van der Waals surface area (Å²) >= 11 is 0. The fourth-order valence-electron chi connectivity index (χ4n) is 1.72. The lowest BCUT2D eigenvalue weighted by molar-refractivity contribution is -0.121. The molecule has 0 aliphatic rings. The van der Waals surface area contributed by atoms with Gasteiger partial charge in [0.25, 0.3) is 0 Å². The summed E-state index contributed by atoms with van der Waals surface area (Å²) in [6, 6.07) is 7.61. The number of nitrogens with one attached hydrogen (secondary N) is 1. The Hall–Kier alpha value is -1.98. The van der Waals surface area contributed by atoms with Crippen molar-refractivity contribution in [3.63, 3.8) is 0 Å². The molecule has 0 saturated carbocycles. The summed E-state index contributed by atoms with van der Waals surface area (Å²) in [5.74, 6) is -0.188. The first-order valence-corrected chi connectivity index (χ1v) is 6.00. The Kier molecular flexibility index (Phi) is 4.83. The first-order valence-electron chi connectivity index (χ1n) is 6.00. The van der Waals surface area contributed by atoms with Crippen molar-refractivity contribution in [1.82, 2.24) is 4.98 Å². The zero-order chi connectivity index (χ0) is 13.5. The van der Waals surface area contributed by atoms with Crippen LogP contribution in [0.4, 0.5) is 5.69 Å². The lowest BCUT2D eigenvalue weighted by Gasteiger charge is -2.08. The molecule has 0 fully saturated rings. The van der Waals surface area contributed by atoms with Gasteiger partial charge in [-0.2, -0.15) is 0 Å². The molecule has 1 aromatic carbocycles. The molecule has 1 amide bonds. The third-order valence-electron chi connectivity index (χ3n) is 2.62. The Morgan fingerprint density at radius 2 is 2.21 bits per heavy atom. The number of fused-ring (bicyclic) bond motifs is 1. The molecule has 0 aliphatic carbocycles. The molecule has 0 aliphatic heterocycles. The molecule has 1 aromatic heterocycles. The molecule has 0 saturated heterocycles. The zero-order valence-electron chi connectivity index (χ0n) is 10.8. The molecule has 1 heterocycles. The van der Waals surface area contributed by atoms with Crippen molar-refractivity contribution < 1.29 is 14.3 Å². The summed E-state index contributed by atoms with van der Waals surface area (Å²) in [5, 5.41) is 4.76. The van der Waals surface area contributed by atoms with Crippen LogP contribution in [0.25, 0.3) is 10.8 Å². The summed E-state index contributed by atoms with van der Waals surface area (Å²) in [4.78, 5) is 15.8. The molecule has 5 heteroatoms. The fraction of sp³-hybridized carbons (Fsp3) is 0.286. The number of benzene rings is 1. The molecule has 0 atom stereocenters. The van der Waals surface area contributed by atoms with Crippen LogP contribution >= 0.6 is 0 Å². The standard InChI is InChI=1S/C14H16N2O3/c1-18-7-8-19-10-14(17)16-13-4-2-3-11-5-6-15-9-12(11)13/h2-6,9H,7-8,10H2,1H3,(H,16,17). The Bertz CT molecular complexity index is 552. The van der Waals surface area contributed by atoms with Gasteiger partial charge in [0.15, 0.2) is 0 Å². The number of methoxy groups -OCH3 is 1. The van der Waals surface area contributed by atoms with E-state index in [1.54, 1.807) is 19.5 Å². The lowest BCUT2D eigenvalue weighted by atomic mass is 10.1. The summed E-state index contributed by atoms with van der Waals surface area (Å²) in [7, 11) is 1.59. The average molecular weight is 260 g/mol. The molecule has 0 unspecified atom stereocenters. The highest BCUT2D eigenvalue weighted by Gasteiger charge is 2.05. The number of hydrogen-bond acceptors (Lipinski definition) is 4. The van der Waals surface area contributed by atoms with Gasteiger partial charge in [-0.05, 0) is 17.5 Å². The molecule has 0 spiro atoms. The monoisotopic (exact) mass is 260 g/mol. The molecule has 19 heavy (non-hydrogen) atoms. The second-order valence-corrected chi connectivity index (χ2v) is 4.00. The minimum atomic E-state index is -0.188. The van der Waals surface area contributed by atoms with Crippen LogP contribution in [-0.2, 0) is 14.3 Å². The summed E-state index contributed by atoms with van der Waals surface area (Å²) in [6.45, 7) is 0.895. The Labute approximate surface area is 111 Å². The number of nitrogens with zero attached hydrogens (tertiary/aromatic N) is 1. The van der Waals surface area contributed by atoms with E-state index in [0.717, 1.165) is 16.5 Å². The van der Waals surface area contributed by atoms with Gasteiger partial charge in [-0.25, -0.2) is 0 Å². The summed E-state index contributed by atoms with van der Waals surface area (Å²) in [6.07, 6.45) is 3.46. The van der Waals surface area contributed by atoms with Crippen LogP contribution < -0.4 is 5.32 Å². The van der Waals surface area contributed by atoms with E-state index in [4.69, 9.17) is 9.47 Å². The van der Waals surface area contributed by atoms with E-state index in [0.29, 0.717) is 13.2 Å². The van der Waals surface area contributed by atoms with Gasteiger partial charge in [0.2, 0.25) is 5.91 Å². The predicted molar refractivity (Wildman–Crippen MR) is 73.1 cm³/mol. The van der Waals surface area contributed by atoms with Crippen molar-refractivity contribution in [3.05, 3.63) is 36.7 Å². The number of aromatic nitrogens is 1. The molecule has 1 N–H and O–H groups in total. The highest BCUT2D eigenvalue weighted by Crippen LogP contribution is 2.21. The topological polar surface area (TPSA) is 60.5 Å². The van der Waals surface area contributed by atoms with Crippen LogP contribution in [0.2, 0.25) is 0 Å². The zero-order valence-corrected chi connectivity index (χ0v) is 10.8. The first kappa shape index (κ1) is 13.5. The minimum absolute atomic E-state index is 0.0139. The normalized spacial score (nSPS) is 10.6. The number of ether oxygens (including phenoxy) is 2. The van der Waals surface area contributed by atoms with E-state index in [-0.39, 0.29) is 12.5 Å². The highest BCUT2D eigenvalue weighted by atomic mass is 16.5. The number of pyridine rings is 1. The maximum absolute atomic E-state index is 11.7. The molecule has 0 radical (unpaired) electrons. The SMILES string of the molecule is COCCOCC(=O)Nc1cccc2ccncc12. The van der Waals surface area contributed by atoms with Gasteiger partial charge < -0.3 is 14.8 Å². The molecule has 0 bridgehead atoms. The molecule has 100 valence electrons. The number of carbonyl (C=O) groups excluding carboxylic acids is 1.